The summed E-state index contributed by atoms with van der Waals surface area (Å²) in [6.07, 6.45) is 4.20. The maximum Gasteiger partial charge on any atom is 0.0185 e. The van der Waals surface area contributed by atoms with Gasteiger partial charge in [-0.25, -0.2) is 0 Å². The fourth-order valence-electron chi connectivity index (χ4n) is 5.01. The van der Waals surface area contributed by atoms with Gasteiger partial charge >= 0.3 is 0 Å². The van der Waals surface area contributed by atoms with E-state index in [-0.39, 0.29) is 0 Å². The monoisotopic (exact) mass is 308 g/mol. The lowest BCUT2D eigenvalue weighted by Gasteiger charge is -2.53. The zero-order valence-corrected chi connectivity index (χ0v) is 16.2. The Labute approximate surface area is 139 Å². The van der Waals surface area contributed by atoms with Crippen LogP contribution in [0.4, 0.5) is 0 Å². The summed E-state index contributed by atoms with van der Waals surface area (Å²) in [6, 6.07) is 0.701. The second kappa shape index (κ2) is 7.21. The van der Waals surface area contributed by atoms with Crippen molar-refractivity contribution in [2.45, 2.75) is 79.3 Å². The first-order valence-electron chi connectivity index (χ1n) is 9.72. The van der Waals surface area contributed by atoms with Crippen LogP contribution in [-0.2, 0) is 0 Å². The molecule has 2 rings (SSSR count). The summed E-state index contributed by atoms with van der Waals surface area (Å²) >= 11 is 0. The van der Waals surface area contributed by atoms with E-state index in [2.05, 4.69) is 58.3 Å². The van der Waals surface area contributed by atoms with Crippen LogP contribution in [0.2, 0.25) is 0 Å². The molecular weight excluding hydrogens is 268 g/mol. The number of rotatable bonds is 4. The Morgan fingerprint density at radius 3 is 2.18 bits per heavy atom. The molecule has 0 aromatic rings. The van der Waals surface area contributed by atoms with Crippen molar-refractivity contribution < 1.29 is 0 Å². The van der Waals surface area contributed by atoms with Gasteiger partial charge in [-0.05, 0) is 83.7 Å². The summed E-state index contributed by atoms with van der Waals surface area (Å²) in [4.78, 5) is 5.51. The molecule has 0 aromatic carbocycles. The number of likely N-dealkylation sites (tertiary alicyclic amines) is 2. The third-order valence-electron chi connectivity index (χ3n) is 6.79. The van der Waals surface area contributed by atoms with E-state index in [1.54, 1.807) is 0 Å². The predicted octanol–water partition coefficient (Wildman–Crippen LogP) is 4.50. The molecule has 0 aromatic heterocycles. The molecule has 3 atom stereocenters. The van der Waals surface area contributed by atoms with Gasteiger partial charge in [0.1, 0.15) is 0 Å². The summed E-state index contributed by atoms with van der Waals surface area (Å²) in [6.45, 7) is 22.3. The summed E-state index contributed by atoms with van der Waals surface area (Å²) in [7, 11) is 0. The van der Waals surface area contributed by atoms with Gasteiger partial charge in [0.05, 0.1) is 0 Å². The van der Waals surface area contributed by atoms with E-state index in [1.165, 1.54) is 45.4 Å². The van der Waals surface area contributed by atoms with Crippen LogP contribution in [0, 0.1) is 23.7 Å². The van der Waals surface area contributed by atoms with Gasteiger partial charge in [0, 0.05) is 24.7 Å². The second-order valence-corrected chi connectivity index (χ2v) is 9.21. The lowest BCUT2D eigenvalue weighted by molar-refractivity contribution is -0.0334. The average Bonchev–Trinajstić information content (AvgIpc) is 2.46. The Balaban J connectivity index is 2.03. The summed E-state index contributed by atoms with van der Waals surface area (Å²) in [5, 5.41) is 0. The van der Waals surface area contributed by atoms with Gasteiger partial charge in [0.25, 0.3) is 0 Å². The van der Waals surface area contributed by atoms with Gasteiger partial charge in [0.2, 0.25) is 0 Å². The van der Waals surface area contributed by atoms with Crippen molar-refractivity contribution in [1.29, 1.82) is 0 Å². The normalized spacial score (nSPS) is 32.9. The molecule has 3 unspecified atom stereocenters. The van der Waals surface area contributed by atoms with E-state index < -0.39 is 0 Å². The SMILES string of the molecule is CC(C)C1CCCN(C(C)(C)C2CCN(C(C)C)CC2C)C1. The topological polar surface area (TPSA) is 6.48 Å². The predicted molar refractivity (Wildman–Crippen MR) is 97.2 cm³/mol. The number of piperidine rings is 2. The number of hydrogen-bond donors (Lipinski definition) is 0. The molecule has 0 radical (unpaired) electrons. The fourth-order valence-corrected chi connectivity index (χ4v) is 5.01. The summed E-state index contributed by atoms with van der Waals surface area (Å²) < 4.78 is 0. The first-order chi connectivity index (χ1) is 10.2. The quantitative estimate of drug-likeness (QED) is 0.754. The first-order valence-corrected chi connectivity index (χ1v) is 9.72. The molecule has 0 aliphatic carbocycles. The van der Waals surface area contributed by atoms with E-state index in [9.17, 15) is 0 Å². The minimum Gasteiger partial charge on any atom is -0.301 e. The van der Waals surface area contributed by atoms with Crippen LogP contribution in [0.25, 0.3) is 0 Å². The van der Waals surface area contributed by atoms with Gasteiger partial charge in [0.15, 0.2) is 0 Å². The van der Waals surface area contributed by atoms with Crippen LogP contribution in [0.15, 0.2) is 0 Å². The highest BCUT2D eigenvalue weighted by molar-refractivity contribution is 4.96. The third kappa shape index (κ3) is 3.87. The summed E-state index contributed by atoms with van der Waals surface area (Å²) in [5.41, 5.74) is 0.357. The zero-order valence-electron chi connectivity index (χ0n) is 16.2. The van der Waals surface area contributed by atoms with Crippen LogP contribution in [0.1, 0.15) is 67.7 Å². The van der Waals surface area contributed by atoms with E-state index >= 15 is 0 Å². The maximum absolute atomic E-state index is 2.84. The molecule has 2 nitrogen and oxygen atoms in total. The maximum atomic E-state index is 2.84. The molecule has 0 bridgehead atoms. The Morgan fingerprint density at radius 2 is 1.64 bits per heavy atom. The highest BCUT2D eigenvalue weighted by Crippen LogP contribution is 2.39. The van der Waals surface area contributed by atoms with Crippen molar-refractivity contribution >= 4 is 0 Å². The van der Waals surface area contributed by atoms with Gasteiger partial charge in [-0.15, -0.1) is 0 Å². The van der Waals surface area contributed by atoms with Gasteiger partial charge in [-0.3, -0.25) is 4.90 Å². The molecule has 0 N–H and O–H groups in total. The second-order valence-electron chi connectivity index (χ2n) is 9.21. The standard InChI is InChI=1S/C20H40N2/c1-15(2)18-9-8-11-22(14-18)20(6,7)19-10-12-21(16(3)4)13-17(19)5/h15-19H,8-14H2,1-7H3. The van der Waals surface area contributed by atoms with Gasteiger partial charge in [-0.1, -0.05) is 20.8 Å². The minimum atomic E-state index is 0.357. The largest absolute Gasteiger partial charge is 0.301 e. The number of hydrogen-bond acceptors (Lipinski definition) is 2. The fraction of sp³-hybridized carbons (Fsp3) is 1.00. The Kier molecular flexibility index (Phi) is 5.99. The number of nitrogens with zero attached hydrogens (tertiary/aromatic N) is 2. The smallest absolute Gasteiger partial charge is 0.0185 e. The molecule has 2 fully saturated rings. The molecule has 2 heterocycles. The van der Waals surface area contributed by atoms with Crippen LogP contribution >= 0.6 is 0 Å². The van der Waals surface area contributed by atoms with Gasteiger partial charge < -0.3 is 4.90 Å². The van der Waals surface area contributed by atoms with Crippen LogP contribution < -0.4 is 0 Å². The third-order valence-corrected chi connectivity index (χ3v) is 6.79. The zero-order chi connectivity index (χ0) is 16.5. The highest BCUT2D eigenvalue weighted by Gasteiger charge is 2.42. The van der Waals surface area contributed by atoms with Crippen molar-refractivity contribution in [2.24, 2.45) is 23.7 Å². The molecule has 22 heavy (non-hydrogen) atoms. The molecule has 130 valence electrons. The first kappa shape index (κ1) is 18.3. The molecule has 0 saturated carbocycles. The average molecular weight is 309 g/mol. The molecule has 0 amide bonds. The lowest BCUT2D eigenvalue weighted by atomic mass is 9.72. The lowest BCUT2D eigenvalue weighted by Crippen LogP contribution is -2.58. The van der Waals surface area contributed by atoms with E-state index in [0.29, 0.717) is 11.6 Å². The molecule has 2 aliphatic rings. The molecule has 2 aliphatic heterocycles. The molecule has 0 spiro atoms. The van der Waals surface area contributed by atoms with Crippen molar-refractivity contribution in [3.63, 3.8) is 0 Å². The van der Waals surface area contributed by atoms with Crippen molar-refractivity contribution in [1.82, 2.24) is 9.80 Å². The Morgan fingerprint density at radius 1 is 0.955 bits per heavy atom. The Bertz CT molecular complexity index is 348. The molecule has 2 heteroatoms. The summed E-state index contributed by atoms with van der Waals surface area (Å²) in [5.74, 6) is 3.39. The van der Waals surface area contributed by atoms with Crippen LogP contribution in [-0.4, -0.2) is 47.6 Å². The Hall–Kier alpha value is -0.0800. The van der Waals surface area contributed by atoms with Crippen LogP contribution in [0.5, 0.6) is 0 Å². The van der Waals surface area contributed by atoms with Gasteiger partial charge in [-0.2, -0.15) is 0 Å². The van der Waals surface area contributed by atoms with E-state index in [1.807, 2.05) is 0 Å². The van der Waals surface area contributed by atoms with Crippen molar-refractivity contribution in [3.05, 3.63) is 0 Å². The highest BCUT2D eigenvalue weighted by atomic mass is 15.2. The molecular formula is C20H40N2. The minimum absolute atomic E-state index is 0.357. The van der Waals surface area contributed by atoms with E-state index in [0.717, 1.165) is 23.7 Å². The van der Waals surface area contributed by atoms with Crippen LogP contribution in [0.3, 0.4) is 0 Å². The van der Waals surface area contributed by atoms with Crippen molar-refractivity contribution in [3.8, 4) is 0 Å². The van der Waals surface area contributed by atoms with Crippen molar-refractivity contribution in [2.75, 3.05) is 26.2 Å². The molecule has 2 saturated heterocycles. The van der Waals surface area contributed by atoms with E-state index in [4.69, 9.17) is 0 Å².